The van der Waals surface area contributed by atoms with Gasteiger partial charge >= 0.3 is 0 Å². The Balaban J connectivity index is 1.85. The summed E-state index contributed by atoms with van der Waals surface area (Å²) in [6.45, 7) is 1.97. The van der Waals surface area contributed by atoms with Crippen molar-refractivity contribution in [3.63, 3.8) is 0 Å². The Bertz CT molecular complexity index is 714. The van der Waals surface area contributed by atoms with Crippen LogP contribution in [0.5, 0.6) is 0 Å². The molecule has 1 aromatic carbocycles. The molecule has 6 heteroatoms. The van der Waals surface area contributed by atoms with Crippen LogP contribution in [0.3, 0.4) is 0 Å². The number of fused-ring (bicyclic) bond motifs is 1. The number of halogens is 1. The lowest BCUT2D eigenvalue weighted by atomic mass is 10.1. The molecule has 0 saturated heterocycles. The molecule has 0 aliphatic rings. The van der Waals surface area contributed by atoms with E-state index in [0.29, 0.717) is 6.42 Å². The quantitative estimate of drug-likeness (QED) is 0.803. The summed E-state index contributed by atoms with van der Waals surface area (Å²) in [7, 11) is 0. The zero-order chi connectivity index (χ0) is 14.1. The second-order valence-electron chi connectivity index (χ2n) is 4.93. The Hall–Kier alpha value is -1.79. The van der Waals surface area contributed by atoms with E-state index in [-0.39, 0.29) is 11.9 Å². The highest BCUT2D eigenvalue weighted by Crippen LogP contribution is 2.17. The van der Waals surface area contributed by atoms with Gasteiger partial charge in [0.1, 0.15) is 5.82 Å². The second kappa shape index (κ2) is 5.30. The van der Waals surface area contributed by atoms with E-state index in [1.165, 1.54) is 12.1 Å². The van der Waals surface area contributed by atoms with Crippen molar-refractivity contribution in [2.24, 2.45) is 5.73 Å². The Morgan fingerprint density at radius 2 is 2.10 bits per heavy atom. The Morgan fingerprint density at radius 1 is 1.35 bits per heavy atom. The van der Waals surface area contributed by atoms with E-state index < -0.39 is 0 Å². The van der Waals surface area contributed by atoms with Crippen LogP contribution in [0, 0.1) is 5.82 Å². The number of nitrogens with zero attached hydrogens (tertiary/aromatic N) is 3. The topological polar surface area (TPSA) is 56.2 Å². The van der Waals surface area contributed by atoms with Gasteiger partial charge in [0.2, 0.25) is 4.96 Å². The molecule has 0 saturated carbocycles. The zero-order valence-corrected chi connectivity index (χ0v) is 11.9. The van der Waals surface area contributed by atoms with Crippen LogP contribution in [0.4, 0.5) is 4.39 Å². The molecule has 2 aromatic heterocycles. The van der Waals surface area contributed by atoms with E-state index in [1.807, 2.05) is 16.8 Å². The van der Waals surface area contributed by atoms with Gasteiger partial charge in [0, 0.05) is 24.3 Å². The molecule has 1 atom stereocenters. The number of hydrogen-bond acceptors (Lipinski definition) is 4. The predicted octanol–water partition coefficient (Wildman–Crippen LogP) is 2.41. The molecular formula is C14H15FN4S. The van der Waals surface area contributed by atoms with Crippen molar-refractivity contribution in [2.75, 3.05) is 0 Å². The van der Waals surface area contributed by atoms with Crippen LogP contribution in [0.25, 0.3) is 4.96 Å². The van der Waals surface area contributed by atoms with Gasteiger partial charge in [0.15, 0.2) is 5.82 Å². The van der Waals surface area contributed by atoms with E-state index in [4.69, 9.17) is 5.73 Å². The van der Waals surface area contributed by atoms with Crippen LogP contribution >= 0.6 is 11.3 Å². The fraction of sp³-hybridized carbons (Fsp3) is 0.286. The summed E-state index contributed by atoms with van der Waals surface area (Å²) in [5.41, 5.74) is 7.91. The standard InChI is InChI=1S/C14H15FN4S/c1-9(16)6-12-8-20-14-17-13(18-19(12)14)7-10-2-4-11(15)5-3-10/h2-5,8-9H,6-7,16H2,1H3. The third-order valence-electron chi connectivity index (χ3n) is 3.00. The van der Waals surface area contributed by atoms with E-state index in [9.17, 15) is 4.39 Å². The van der Waals surface area contributed by atoms with Crippen LogP contribution in [0.2, 0.25) is 0 Å². The molecule has 0 aliphatic carbocycles. The lowest BCUT2D eigenvalue weighted by Gasteiger charge is -2.01. The molecule has 0 spiro atoms. The summed E-state index contributed by atoms with van der Waals surface area (Å²) in [6, 6.07) is 6.52. The maximum absolute atomic E-state index is 12.9. The van der Waals surface area contributed by atoms with Gasteiger partial charge in [-0.3, -0.25) is 0 Å². The summed E-state index contributed by atoms with van der Waals surface area (Å²) >= 11 is 1.56. The van der Waals surface area contributed by atoms with Crippen LogP contribution < -0.4 is 5.73 Å². The monoisotopic (exact) mass is 290 g/mol. The predicted molar refractivity (Wildman–Crippen MR) is 77.4 cm³/mol. The summed E-state index contributed by atoms with van der Waals surface area (Å²) in [5.74, 6) is 0.515. The summed E-state index contributed by atoms with van der Waals surface area (Å²) in [6.07, 6.45) is 1.38. The van der Waals surface area contributed by atoms with Crippen LogP contribution in [-0.4, -0.2) is 20.6 Å². The fourth-order valence-corrected chi connectivity index (χ4v) is 2.95. The molecule has 104 valence electrons. The third kappa shape index (κ3) is 2.71. The number of benzene rings is 1. The van der Waals surface area contributed by atoms with E-state index in [1.54, 1.807) is 23.5 Å². The first-order chi connectivity index (χ1) is 9.61. The largest absolute Gasteiger partial charge is 0.328 e. The van der Waals surface area contributed by atoms with Crippen molar-refractivity contribution in [2.45, 2.75) is 25.8 Å². The summed E-state index contributed by atoms with van der Waals surface area (Å²) in [5, 5.41) is 6.55. The molecule has 2 N–H and O–H groups in total. The van der Waals surface area contributed by atoms with Crippen LogP contribution in [-0.2, 0) is 12.8 Å². The Morgan fingerprint density at radius 3 is 2.80 bits per heavy atom. The zero-order valence-electron chi connectivity index (χ0n) is 11.1. The fourth-order valence-electron chi connectivity index (χ4n) is 2.10. The van der Waals surface area contributed by atoms with Crippen molar-refractivity contribution in [3.8, 4) is 0 Å². The first-order valence-corrected chi connectivity index (χ1v) is 7.32. The minimum Gasteiger partial charge on any atom is -0.328 e. The minimum absolute atomic E-state index is 0.0950. The highest BCUT2D eigenvalue weighted by atomic mass is 32.1. The average molecular weight is 290 g/mol. The van der Waals surface area contributed by atoms with E-state index in [0.717, 1.165) is 28.5 Å². The van der Waals surface area contributed by atoms with Gasteiger partial charge in [-0.2, -0.15) is 0 Å². The smallest absolute Gasteiger partial charge is 0.212 e. The maximum Gasteiger partial charge on any atom is 0.212 e. The van der Waals surface area contributed by atoms with Gasteiger partial charge < -0.3 is 5.73 Å². The first-order valence-electron chi connectivity index (χ1n) is 6.44. The van der Waals surface area contributed by atoms with Crippen LogP contribution in [0.1, 0.15) is 24.0 Å². The molecular weight excluding hydrogens is 275 g/mol. The molecule has 0 radical (unpaired) electrons. The summed E-state index contributed by atoms with van der Waals surface area (Å²) in [4.78, 5) is 5.37. The van der Waals surface area contributed by atoms with E-state index in [2.05, 4.69) is 10.1 Å². The van der Waals surface area contributed by atoms with E-state index >= 15 is 0 Å². The lowest BCUT2D eigenvalue weighted by Crippen LogP contribution is -2.18. The van der Waals surface area contributed by atoms with Gasteiger partial charge in [0.25, 0.3) is 0 Å². The normalized spacial score (nSPS) is 12.9. The SMILES string of the molecule is CC(N)Cc1csc2nc(Cc3ccc(F)cc3)nn12. The number of nitrogens with two attached hydrogens (primary N) is 1. The molecule has 20 heavy (non-hydrogen) atoms. The molecule has 3 aromatic rings. The minimum atomic E-state index is -0.230. The van der Waals surface area contributed by atoms with Gasteiger partial charge in [-0.05, 0) is 24.6 Å². The number of thiazole rings is 1. The molecule has 2 heterocycles. The van der Waals surface area contributed by atoms with Crippen molar-refractivity contribution in [1.29, 1.82) is 0 Å². The molecule has 0 amide bonds. The van der Waals surface area contributed by atoms with Crippen molar-refractivity contribution >= 4 is 16.3 Å². The van der Waals surface area contributed by atoms with Crippen molar-refractivity contribution < 1.29 is 4.39 Å². The lowest BCUT2D eigenvalue weighted by molar-refractivity contribution is 0.627. The van der Waals surface area contributed by atoms with Gasteiger partial charge in [-0.1, -0.05) is 12.1 Å². The van der Waals surface area contributed by atoms with Gasteiger partial charge in [-0.25, -0.2) is 13.9 Å². The second-order valence-corrected chi connectivity index (χ2v) is 5.77. The van der Waals surface area contributed by atoms with Crippen LogP contribution in [0.15, 0.2) is 29.6 Å². The number of aromatic nitrogens is 3. The Labute approximate surface area is 120 Å². The molecule has 4 nitrogen and oxygen atoms in total. The molecule has 3 rings (SSSR count). The molecule has 0 bridgehead atoms. The first kappa shape index (κ1) is 13.2. The number of hydrogen-bond donors (Lipinski definition) is 1. The van der Waals surface area contributed by atoms with Gasteiger partial charge in [-0.15, -0.1) is 16.4 Å². The Kier molecular flexibility index (Phi) is 3.50. The highest BCUT2D eigenvalue weighted by Gasteiger charge is 2.11. The molecule has 0 fully saturated rings. The third-order valence-corrected chi connectivity index (χ3v) is 3.87. The molecule has 1 unspecified atom stereocenters. The van der Waals surface area contributed by atoms with Gasteiger partial charge in [0.05, 0.1) is 5.69 Å². The van der Waals surface area contributed by atoms with Crippen molar-refractivity contribution in [3.05, 3.63) is 52.5 Å². The maximum atomic E-state index is 12.9. The summed E-state index contributed by atoms with van der Waals surface area (Å²) < 4.78 is 14.7. The van der Waals surface area contributed by atoms with Crippen molar-refractivity contribution in [1.82, 2.24) is 14.6 Å². The average Bonchev–Trinajstić information content (AvgIpc) is 2.94. The molecule has 0 aliphatic heterocycles. The number of rotatable bonds is 4. The highest BCUT2D eigenvalue weighted by molar-refractivity contribution is 7.15.